The number of thioether (sulfide) groups is 1. The Kier molecular flexibility index (Phi) is 7.02. The lowest BCUT2D eigenvalue weighted by molar-refractivity contribution is 0.0693. The molecule has 1 aliphatic rings. The summed E-state index contributed by atoms with van der Waals surface area (Å²) in [5, 5.41) is 5.53. The maximum Gasteiger partial charge on any atom is 0.250 e. The van der Waals surface area contributed by atoms with Crippen LogP contribution in [-0.4, -0.2) is 63.2 Å². The first kappa shape index (κ1) is 22.2. The van der Waals surface area contributed by atoms with Gasteiger partial charge in [-0.15, -0.1) is 0 Å². The minimum Gasteiger partial charge on any atom is -0.378 e. The summed E-state index contributed by atoms with van der Waals surface area (Å²) in [6.45, 7) is 5.11. The topological polar surface area (TPSA) is 72.6 Å². The van der Waals surface area contributed by atoms with Gasteiger partial charge < -0.3 is 9.64 Å². The number of amidine groups is 1. The summed E-state index contributed by atoms with van der Waals surface area (Å²) in [6.07, 6.45) is 2.02. The van der Waals surface area contributed by atoms with Gasteiger partial charge >= 0.3 is 0 Å². The molecule has 1 atom stereocenters. The Hall–Kier alpha value is -2.97. The van der Waals surface area contributed by atoms with E-state index in [1.807, 2.05) is 74.8 Å². The molecule has 1 unspecified atom stereocenters. The van der Waals surface area contributed by atoms with Crippen molar-refractivity contribution in [3.05, 3.63) is 77.1 Å². The highest BCUT2D eigenvalue weighted by Gasteiger charge is 2.20. The zero-order valence-corrected chi connectivity index (χ0v) is 19.4. The summed E-state index contributed by atoms with van der Waals surface area (Å²) in [5.41, 5.74) is 2.33. The number of aryl methyl sites for hydroxylation is 1. The van der Waals surface area contributed by atoms with Crippen LogP contribution in [0, 0.1) is 0 Å². The fraction of sp³-hybridized carbons (Fsp3) is 0.333. The SMILES string of the molecule is CSC(=Nc1nc(C(C)c2cccc(C(=O)c3ccccc3)c2)nn1C)N1CCOCC1. The highest BCUT2D eigenvalue weighted by Crippen LogP contribution is 2.25. The van der Waals surface area contributed by atoms with Crippen molar-refractivity contribution in [2.75, 3.05) is 32.6 Å². The van der Waals surface area contributed by atoms with Gasteiger partial charge in [0.2, 0.25) is 5.95 Å². The summed E-state index contributed by atoms with van der Waals surface area (Å²) in [4.78, 5) is 24.5. The van der Waals surface area contributed by atoms with E-state index in [0.29, 0.717) is 36.1 Å². The lowest BCUT2D eigenvalue weighted by Gasteiger charge is -2.28. The van der Waals surface area contributed by atoms with Crippen molar-refractivity contribution in [3.63, 3.8) is 0 Å². The van der Waals surface area contributed by atoms with Crippen LogP contribution in [0.25, 0.3) is 0 Å². The van der Waals surface area contributed by atoms with Crippen LogP contribution in [0.2, 0.25) is 0 Å². The van der Waals surface area contributed by atoms with Gasteiger partial charge in [-0.25, -0.2) is 4.68 Å². The van der Waals surface area contributed by atoms with Gasteiger partial charge in [0.15, 0.2) is 16.8 Å². The van der Waals surface area contributed by atoms with Gasteiger partial charge in [0.05, 0.1) is 13.2 Å². The lowest BCUT2D eigenvalue weighted by Crippen LogP contribution is -2.39. The molecular weight excluding hydrogens is 422 g/mol. The molecule has 0 bridgehead atoms. The van der Waals surface area contributed by atoms with Gasteiger partial charge in [0.25, 0.3) is 0 Å². The van der Waals surface area contributed by atoms with Gasteiger partial charge in [-0.2, -0.15) is 15.1 Å². The molecule has 1 fully saturated rings. The van der Waals surface area contributed by atoms with E-state index in [9.17, 15) is 4.79 Å². The van der Waals surface area contributed by atoms with E-state index in [1.165, 1.54) is 0 Å². The fourth-order valence-electron chi connectivity index (χ4n) is 3.62. The Morgan fingerprint density at radius 1 is 1.09 bits per heavy atom. The van der Waals surface area contributed by atoms with Gasteiger partial charge in [-0.1, -0.05) is 67.2 Å². The van der Waals surface area contributed by atoms with E-state index in [4.69, 9.17) is 14.7 Å². The quantitative estimate of drug-likeness (QED) is 0.334. The van der Waals surface area contributed by atoms with E-state index in [2.05, 4.69) is 10.00 Å². The minimum atomic E-state index is -0.0743. The van der Waals surface area contributed by atoms with Crippen LogP contribution < -0.4 is 0 Å². The third-order valence-electron chi connectivity index (χ3n) is 5.49. The van der Waals surface area contributed by atoms with E-state index < -0.39 is 0 Å². The summed E-state index contributed by atoms with van der Waals surface area (Å²) >= 11 is 1.60. The van der Waals surface area contributed by atoms with Gasteiger partial charge in [-0.05, 0) is 17.9 Å². The van der Waals surface area contributed by atoms with Gasteiger partial charge in [0, 0.05) is 37.2 Å². The molecule has 32 heavy (non-hydrogen) atoms. The molecule has 4 rings (SSSR count). The Morgan fingerprint density at radius 3 is 2.53 bits per heavy atom. The summed E-state index contributed by atoms with van der Waals surface area (Å²) in [6, 6.07) is 17.0. The van der Waals surface area contributed by atoms with Gasteiger partial charge in [-0.3, -0.25) is 4.79 Å². The molecule has 166 valence electrons. The molecule has 2 heterocycles. The molecule has 0 amide bonds. The Labute approximate surface area is 192 Å². The van der Waals surface area contributed by atoms with Gasteiger partial charge in [0.1, 0.15) is 0 Å². The highest BCUT2D eigenvalue weighted by atomic mass is 32.2. The predicted molar refractivity (Wildman–Crippen MR) is 128 cm³/mol. The smallest absolute Gasteiger partial charge is 0.250 e. The van der Waals surface area contributed by atoms with Crippen molar-refractivity contribution < 1.29 is 9.53 Å². The summed E-state index contributed by atoms with van der Waals surface area (Å²) in [7, 11) is 1.86. The molecule has 8 heteroatoms. The van der Waals surface area contributed by atoms with Crippen molar-refractivity contribution >= 4 is 28.7 Å². The molecule has 0 spiro atoms. The first-order valence-corrected chi connectivity index (χ1v) is 11.9. The predicted octanol–water partition coefficient (Wildman–Crippen LogP) is 3.88. The number of morpholine rings is 1. The second-order valence-electron chi connectivity index (χ2n) is 7.63. The molecular formula is C24H27N5O2S. The Bertz CT molecular complexity index is 1110. The normalized spacial score (nSPS) is 15.6. The number of nitrogens with zero attached hydrogens (tertiary/aromatic N) is 5. The van der Waals surface area contributed by atoms with Crippen molar-refractivity contribution in [2.45, 2.75) is 12.8 Å². The maximum absolute atomic E-state index is 12.9. The number of ketones is 1. The van der Waals surface area contributed by atoms with Crippen LogP contribution in [0.1, 0.15) is 40.2 Å². The Balaban J connectivity index is 1.57. The molecule has 1 aliphatic heterocycles. The largest absolute Gasteiger partial charge is 0.378 e. The van der Waals surface area contributed by atoms with Crippen LogP contribution >= 0.6 is 11.8 Å². The van der Waals surface area contributed by atoms with Crippen LogP contribution in [0.4, 0.5) is 5.95 Å². The fourth-order valence-corrected chi connectivity index (χ4v) is 4.23. The van der Waals surface area contributed by atoms with Crippen LogP contribution in [0.15, 0.2) is 59.6 Å². The van der Waals surface area contributed by atoms with E-state index in [0.717, 1.165) is 23.8 Å². The number of benzene rings is 2. The van der Waals surface area contributed by atoms with Crippen molar-refractivity contribution in [3.8, 4) is 0 Å². The zero-order chi connectivity index (χ0) is 22.5. The molecule has 0 radical (unpaired) electrons. The third kappa shape index (κ3) is 4.92. The molecule has 0 saturated carbocycles. The first-order chi connectivity index (χ1) is 15.6. The molecule has 1 aromatic heterocycles. The first-order valence-electron chi connectivity index (χ1n) is 10.6. The second-order valence-corrected chi connectivity index (χ2v) is 8.41. The molecule has 7 nitrogen and oxygen atoms in total. The number of aromatic nitrogens is 3. The standard InChI is InChI=1S/C24H27N5O2S/c1-17(19-10-7-11-20(16-19)21(30)18-8-5-4-6-9-18)22-25-23(28(2)27-22)26-24(32-3)29-12-14-31-15-13-29/h4-11,16-17H,12-15H2,1-3H3. The van der Waals surface area contributed by atoms with E-state index in [-0.39, 0.29) is 11.7 Å². The van der Waals surface area contributed by atoms with E-state index >= 15 is 0 Å². The molecule has 0 aliphatic carbocycles. The molecule has 2 aromatic carbocycles. The number of carbonyl (C=O) groups excluding carboxylic acids is 1. The summed E-state index contributed by atoms with van der Waals surface area (Å²) < 4.78 is 7.15. The monoisotopic (exact) mass is 449 g/mol. The Morgan fingerprint density at radius 2 is 1.81 bits per heavy atom. The third-order valence-corrected chi connectivity index (χ3v) is 6.20. The van der Waals surface area contributed by atoms with Crippen molar-refractivity contribution in [1.82, 2.24) is 19.7 Å². The lowest BCUT2D eigenvalue weighted by atomic mass is 9.95. The minimum absolute atomic E-state index is 0.00837. The number of rotatable bonds is 5. The van der Waals surface area contributed by atoms with Crippen LogP contribution in [0.5, 0.6) is 0 Å². The number of hydrogen-bond donors (Lipinski definition) is 0. The van der Waals surface area contributed by atoms with Crippen LogP contribution in [-0.2, 0) is 11.8 Å². The second kappa shape index (κ2) is 10.1. The average Bonchev–Trinajstić information content (AvgIpc) is 3.22. The van der Waals surface area contributed by atoms with Crippen LogP contribution in [0.3, 0.4) is 0 Å². The highest BCUT2D eigenvalue weighted by molar-refractivity contribution is 8.13. The zero-order valence-electron chi connectivity index (χ0n) is 18.6. The number of carbonyl (C=O) groups is 1. The molecule has 3 aromatic rings. The maximum atomic E-state index is 12.9. The van der Waals surface area contributed by atoms with E-state index in [1.54, 1.807) is 16.4 Å². The number of ether oxygens (including phenoxy) is 1. The van der Waals surface area contributed by atoms with Crippen molar-refractivity contribution in [2.24, 2.45) is 12.0 Å². The molecule has 0 N–H and O–H groups in total. The number of hydrogen-bond acceptors (Lipinski definition) is 6. The summed E-state index contributed by atoms with van der Waals surface area (Å²) in [5.74, 6) is 1.18. The average molecular weight is 450 g/mol. The number of aliphatic imine (C=N–C) groups is 1. The molecule has 1 saturated heterocycles. The van der Waals surface area contributed by atoms with Crippen molar-refractivity contribution in [1.29, 1.82) is 0 Å².